The summed E-state index contributed by atoms with van der Waals surface area (Å²) in [5, 5.41) is 1.39. The Balaban J connectivity index is 1.42. The molecule has 1 aromatic heterocycles. The number of rotatable bonds is 10. The molecule has 0 saturated carbocycles. The highest BCUT2D eigenvalue weighted by atomic mass is 16.5. The summed E-state index contributed by atoms with van der Waals surface area (Å²) in [4.78, 5) is 2.61. The highest BCUT2D eigenvalue weighted by Crippen LogP contribution is 2.37. The van der Waals surface area contributed by atoms with Crippen molar-refractivity contribution in [1.29, 1.82) is 0 Å². The molecule has 0 unspecified atom stereocenters. The summed E-state index contributed by atoms with van der Waals surface area (Å²) in [6.45, 7) is 7.70. The second-order valence-electron chi connectivity index (χ2n) is 9.06. The Morgan fingerprint density at radius 1 is 1.03 bits per heavy atom. The smallest absolute Gasteiger partial charge is 0.120 e. The first-order chi connectivity index (χ1) is 14.2. The lowest BCUT2D eigenvalue weighted by molar-refractivity contribution is -0.173. The van der Waals surface area contributed by atoms with Crippen molar-refractivity contribution < 1.29 is 9.47 Å². The molecule has 2 aliphatic rings. The van der Waals surface area contributed by atoms with Gasteiger partial charge in [-0.3, -0.25) is 4.90 Å². The van der Waals surface area contributed by atoms with Gasteiger partial charge in [0.25, 0.3) is 0 Å². The van der Waals surface area contributed by atoms with E-state index < -0.39 is 0 Å². The fourth-order valence-electron chi connectivity index (χ4n) is 4.99. The van der Waals surface area contributed by atoms with Crippen molar-refractivity contribution >= 4 is 10.9 Å². The lowest BCUT2D eigenvalue weighted by atomic mass is 9.84. The molecule has 4 nitrogen and oxygen atoms in total. The lowest BCUT2D eigenvalue weighted by Gasteiger charge is -2.47. The zero-order valence-electron chi connectivity index (χ0n) is 18.4. The predicted octanol–water partition coefficient (Wildman–Crippen LogP) is 5.77. The number of aromatic nitrogens is 1. The van der Waals surface area contributed by atoms with Crippen LogP contribution in [0.25, 0.3) is 10.9 Å². The SMILES string of the molecule is CCCCCCCCn1cc(CN2CCC3(CCO3)CC2)c2ccc(OC)cc21. The number of hydrogen-bond donors (Lipinski definition) is 0. The van der Waals surface area contributed by atoms with Crippen LogP contribution in [0.2, 0.25) is 0 Å². The van der Waals surface area contributed by atoms with Gasteiger partial charge in [0.1, 0.15) is 5.75 Å². The molecule has 160 valence electrons. The van der Waals surface area contributed by atoms with Gasteiger partial charge in [0.05, 0.1) is 24.8 Å². The van der Waals surface area contributed by atoms with Crippen molar-refractivity contribution in [3.05, 3.63) is 30.0 Å². The van der Waals surface area contributed by atoms with Crippen LogP contribution in [0, 0.1) is 0 Å². The first kappa shape index (κ1) is 20.7. The second kappa shape index (κ2) is 9.53. The number of hydrogen-bond acceptors (Lipinski definition) is 3. The number of piperidine rings is 1. The topological polar surface area (TPSA) is 26.6 Å². The first-order valence-electron chi connectivity index (χ1n) is 11.7. The molecule has 0 bridgehead atoms. The van der Waals surface area contributed by atoms with Crippen LogP contribution in [-0.4, -0.2) is 41.9 Å². The molecule has 29 heavy (non-hydrogen) atoms. The van der Waals surface area contributed by atoms with Crippen LogP contribution < -0.4 is 4.74 Å². The summed E-state index contributed by atoms with van der Waals surface area (Å²) < 4.78 is 13.9. The van der Waals surface area contributed by atoms with Crippen LogP contribution in [0.15, 0.2) is 24.4 Å². The van der Waals surface area contributed by atoms with E-state index in [-0.39, 0.29) is 5.60 Å². The van der Waals surface area contributed by atoms with Crippen molar-refractivity contribution in [3.63, 3.8) is 0 Å². The van der Waals surface area contributed by atoms with E-state index in [0.717, 1.165) is 38.5 Å². The number of ether oxygens (including phenoxy) is 2. The molecule has 3 heterocycles. The molecule has 2 aliphatic heterocycles. The molecule has 1 spiro atoms. The normalized spacial score (nSPS) is 19.0. The van der Waals surface area contributed by atoms with E-state index in [0.29, 0.717) is 0 Å². The van der Waals surface area contributed by atoms with Crippen molar-refractivity contribution in [2.24, 2.45) is 0 Å². The van der Waals surface area contributed by atoms with Crippen molar-refractivity contribution in [1.82, 2.24) is 9.47 Å². The lowest BCUT2D eigenvalue weighted by Crippen LogP contribution is -2.52. The van der Waals surface area contributed by atoms with E-state index in [4.69, 9.17) is 9.47 Å². The van der Waals surface area contributed by atoms with Gasteiger partial charge in [-0.05, 0) is 43.4 Å². The van der Waals surface area contributed by atoms with Gasteiger partial charge in [-0.1, -0.05) is 39.0 Å². The quantitative estimate of drug-likeness (QED) is 0.476. The minimum atomic E-state index is 0.232. The Hall–Kier alpha value is -1.52. The van der Waals surface area contributed by atoms with Crippen LogP contribution in [0.4, 0.5) is 0 Å². The molecular formula is C25H38N2O2. The number of aryl methyl sites for hydroxylation is 1. The van der Waals surface area contributed by atoms with E-state index in [1.54, 1.807) is 7.11 Å². The van der Waals surface area contributed by atoms with E-state index in [1.165, 1.54) is 74.3 Å². The molecule has 0 N–H and O–H groups in total. The van der Waals surface area contributed by atoms with Gasteiger partial charge in [-0.15, -0.1) is 0 Å². The maximum atomic E-state index is 5.89. The molecular weight excluding hydrogens is 360 g/mol. The van der Waals surface area contributed by atoms with E-state index in [1.807, 2.05) is 0 Å². The van der Waals surface area contributed by atoms with Crippen LogP contribution in [0.1, 0.15) is 70.3 Å². The molecule has 4 rings (SSSR count). The van der Waals surface area contributed by atoms with E-state index >= 15 is 0 Å². The van der Waals surface area contributed by atoms with E-state index in [9.17, 15) is 0 Å². The maximum absolute atomic E-state index is 5.89. The summed E-state index contributed by atoms with van der Waals surface area (Å²) >= 11 is 0. The standard InChI is InChI=1S/C25H38N2O2/c1-3-4-5-6-7-8-14-27-20-21(23-10-9-22(28-2)18-24(23)27)19-26-15-11-25(12-16-26)13-17-29-25/h9-10,18,20H,3-8,11-17,19H2,1-2H3. The third kappa shape index (κ3) is 4.80. The third-order valence-corrected chi connectivity index (χ3v) is 7.05. The van der Waals surface area contributed by atoms with Crippen molar-refractivity contribution in [3.8, 4) is 5.75 Å². The average molecular weight is 399 g/mol. The molecule has 4 heteroatoms. The highest BCUT2D eigenvalue weighted by Gasteiger charge is 2.41. The third-order valence-electron chi connectivity index (χ3n) is 7.05. The monoisotopic (exact) mass is 398 g/mol. The van der Waals surface area contributed by atoms with Gasteiger partial charge in [0.2, 0.25) is 0 Å². The Bertz CT molecular complexity index is 783. The number of nitrogens with zero attached hydrogens (tertiary/aromatic N) is 2. The number of methoxy groups -OCH3 is 1. The summed E-state index contributed by atoms with van der Waals surface area (Å²) in [5.41, 5.74) is 3.01. The fraction of sp³-hybridized carbons (Fsp3) is 0.680. The van der Waals surface area contributed by atoms with Gasteiger partial charge in [0.15, 0.2) is 0 Å². The Morgan fingerprint density at radius 3 is 2.48 bits per heavy atom. The van der Waals surface area contributed by atoms with Crippen molar-refractivity contribution in [2.75, 3.05) is 26.8 Å². The summed E-state index contributed by atoms with van der Waals surface area (Å²) in [6.07, 6.45) is 14.1. The largest absolute Gasteiger partial charge is 0.497 e. The van der Waals surface area contributed by atoms with Gasteiger partial charge in [-0.25, -0.2) is 0 Å². The van der Waals surface area contributed by atoms with Crippen LogP contribution >= 0.6 is 0 Å². The average Bonchev–Trinajstić information content (AvgIpc) is 3.06. The van der Waals surface area contributed by atoms with Gasteiger partial charge in [-0.2, -0.15) is 0 Å². The molecule has 0 amide bonds. The Kier molecular flexibility index (Phi) is 6.81. The summed E-state index contributed by atoms with van der Waals surface area (Å²) in [5.74, 6) is 0.952. The van der Waals surface area contributed by atoms with Crippen LogP contribution in [0.3, 0.4) is 0 Å². The highest BCUT2D eigenvalue weighted by molar-refractivity contribution is 5.85. The Labute approximate surface area is 176 Å². The fourth-order valence-corrected chi connectivity index (χ4v) is 4.99. The van der Waals surface area contributed by atoms with Crippen LogP contribution in [-0.2, 0) is 17.8 Å². The van der Waals surface area contributed by atoms with Gasteiger partial charge >= 0.3 is 0 Å². The summed E-state index contributed by atoms with van der Waals surface area (Å²) in [6, 6.07) is 6.57. The molecule has 2 aromatic rings. The van der Waals surface area contributed by atoms with Gasteiger partial charge in [0, 0.05) is 43.8 Å². The number of fused-ring (bicyclic) bond motifs is 1. The van der Waals surface area contributed by atoms with Gasteiger partial charge < -0.3 is 14.0 Å². The summed E-state index contributed by atoms with van der Waals surface area (Å²) in [7, 11) is 1.76. The molecule has 0 atom stereocenters. The number of benzene rings is 1. The zero-order chi connectivity index (χ0) is 20.1. The number of unbranched alkanes of at least 4 members (excludes halogenated alkanes) is 5. The predicted molar refractivity (Wildman–Crippen MR) is 120 cm³/mol. The first-order valence-corrected chi connectivity index (χ1v) is 11.7. The van der Waals surface area contributed by atoms with Crippen LogP contribution in [0.5, 0.6) is 5.75 Å². The zero-order valence-corrected chi connectivity index (χ0v) is 18.4. The molecule has 2 saturated heterocycles. The van der Waals surface area contributed by atoms with E-state index in [2.05, 4.69) is 40.8 Å². The minimum Gasteiger partial charge on any atom is -0.497 e. The minimum absolute atomic E-state index is 0.232. The maximum Gasteiger partial charge on any atom is 0.120 e. The molecule has 2 fully saturated rings. The Morgan fingerprint density at radius 2 is 1.79 bits per heavy atom. The number of likely N-dealkylation sites (tertiary alicyclic amines) is 1. The second-order valence-corrected chi connectivity index (χ2v) is 9.06. The molecule has 0 radical (unpaired) electrons. The van der Waals surface area contributed by atoms with Crippen molar-refractivity contribution in [2.45, 2.75) is 83.4 Å². The molecule has 1 aromatic carbocycles. The molecule has 0 aliphatic carbocycles.